The first-order chi connectivity index (χ1) is 18.2. The summed E-state index contributed by atoms with van der Waals surface area (Å²) in [5.74, 6) is -5.32. The third kappa shape index (κ3) is 12.1. The Balaban J connectivity index is 3.10. The molecule has 5 atom stereocenters. The van der Waals surface area contributed by atoms with Crippen LogP contribution >= 0.6 is 0 Å². The first-order valence-electron chi connectivity index (χ1n) is 11.9. The molecule has 0 bridgehead atoms. The average Bonchev–Trinajstić information content (AvgIpc) is 2.84. The van der Waals surface area contributed by atoms with Crippen molar-refractivity contribution in [2.24, 2.45) is 27.9 Å². The van der Waals surface area contributed by atoms with Gasteiger partial charge >= 0.3 is 5.97 Å². The van der Waals surface area contributed by atoms with Crippen molar-refractivity contribution in [3.63, 3.8) is 0 Å². The minimum atomic E-state index is -1.54. The number of carbonyl (C=O) groups is 5. The second-order valence-electron chi connectivity index (χ2n) is 8.78. The number of aromatic hydroxyl groups is 1. The third-order valence-corrected chi connectivity index (χ3v) is 5.43. The van der Waals surface area contributed by atoms with Gasteiger partial charge in [-0.1, -0.05) is 12.1 Å². The number of aliphatic carboxylic acids is 1. The third-order valence-electron chi connectivity index (χ3n) is 5.43. The van der Waals surface area contributed by atoms with Crippen molar-refractivity contribution in [1.82, 2.24) is 16.0 Å². The lowest BCUT2D eigenvalue weighted by Crippen LogP contribution is -2.58. The average molecular weight is 553 g/mol. The highest BCUT2D eigenvalue weighted by atomic mass is 16.4. The number of nitrogens with one attached hydrogen (secondary N) is 3. The minimum Gasteiger partial charge on any atom is -0.508 e. The van der Waals surface area contributed by atoms with E-state index < -0.39 is 66.3 Å². The molecule has 0 aliphatic carbocycles. The summed E-state index contributed by atoms with van der Waals surface area (Å²) in [5.41, 5.74) is 21.9. The number of phenolic OH excluding ortho intramolecular Hbond substituents is 1. The highest BCUT2D eigenvalue weighted by Crippen LogP contribution is 2.12. The Kier molecular flexibility index (Phi) is 13.1. The van der Waals surface area contributed by atoms with Gasteiger partial charge < -0.3 is 54.2 Å². The smallest absolute Gasteiger partial charge is 0.326 e. The lowest BCUT2D eigenvalue weighted by Gasteiger charge is -2.25. The van der Waals surface area contributed by atoms with Crippen LogP contribution in [0, 0.1) is 0 Å². The highest BCUT2D eigenvalue weighted by Gasteiger charge is 2.31. The molecular formula is C23H36N8O8. The molecule has 4 amide bonds. The van der Waals surface area contributed by atoms with Gasteiger partial charge in [0.1, 0.15) is 29.9 Å². The summed E-state index contributed by atoms with van der Waals surface area (Å²) < 4.78 is 0. The number of amides is 4. The van der Waals surface area contributed by atoms with E-state index in [4.69, 9.17) is 22.9 Å². The lowest BCUT2D eigenvalue weighted by molar-refractivity contribution is -0.142. The van der Waals surface area contributed by atoms with Gasteiger partial charge in [-0.3, -0.25) is 24.2 Å². The van der Waals surface area contributed by atoms with Gasteiger partial charge in [0, 0.05) is 13.0 Å². The normalized spacial score (nSPS) is 14.5. The van der Waals surface area contributed by atoms with Crippen molar-refractivity contribution >= 4 is 35.6 Å². The molecule has 0 spiro atoms. The maximum Gasteiger partial charge on any atom is 0.326 e. The van der Waals surface area contributed by atoms with E-state index in [0.717, 1.165) is 0 Å². The van der Waals surface area contributed by atoms with E-state index >= 15 is 0 Å². The largest absolute Gasteiger partial charge is 0.508 e. The summed E-state index contributed by atoms with van der Waals surface area (Å²) in [6, 6.07) is 0.0132. The zero-order valence-corrected chi connectivity index (χ0v) is 21.4. The Morgan fingerprint density at radius 2 is 1.44 bits per heavy atom. The molecular weight excluding hydrogens is 516 g/mol. The number of carboxylic acid groups (broad SMARTS) is 1. The topological polar surface area (TPSA) is 299 Å². The molecule has 0 fully saturated rings. The maximum atomic E-state index is 13.1. The molecule has 1 aromatic rings. The highest BCUT2D eigenvalue weighted by molar-refractivity contribution is 5.96. The Morgan fingerprint density at radius 3 is 1.95 bits per heavy atom. The molecule has 14 N–H and O–H groups in total. The van der Waals surface area contributed by atoms with E-state index in [0.29, 0.717) is 5.56 Å². The number of rotatable bonds is 16. The van der Waals surface area contributed by atoms with Crippen molar-refractivity contribution in [2.75, 3.05) is 6.54 Å². The van der Waals surface area contributed by atoms with Gasteiger partial charge in [-0.25, -0.2) is 4.79 Å². The first kappa shape index (κ1) is 32.6. The number of carbonyl (C=O) groups excluding carboxylic acids is 4. The van der Waals surface area contributed by atoms with Crippen LogP contribution in [0.2, 0.25) is 0 Å². The summed E-state index contributed by atoms with van der Waals surface area (Å²) in [6.45, 7) is 1.34. The fourth-order valence-electron chi connectivity index (χ4n) is 3.28. The Hall–Kier alpha value is -4.44. The minimum absolute atomic E-state index is 0.0229. The predicted molar refractivity (Wildman–Crippen MR) is 139 cm³/mol. The summed E-state index contributed by atoms with van der Waals surface area (Å²) in [5, 5.41) is 35.5. The zero-order valence-electron chi connectivity index (χ0n) is 21.4. The Labute approximate surface area is 224 Å². The summed E-state index contributed by atoms with van der Waals surface area (Å²) in [6.07, 6.45) is -1.91. The van der Waals surface area contributed by atoms with Gasteiger partial charge in [0.15, 0.2) is 5.96 Å². The molecule has 0 saturated carbocycles. The van der Waals surface area contributed by atoms with E-state index in [9.17, 15) is 39.3 Å². The molecule has 39 heavy (non-hydrogen) atoms. The number of nitrogens with two attached hydrogens (primary N) is 4. The number of hydrogen-bond donors (Lipinski definition) is 10. The number of aliphatic hydroxyl groups excluding tert-OH is 1. The Morgan fingerprint density at radius 1 is 0.897 bits per heavy atom. The van der Waals surface area contributed by atoms with E-state index in [1.165, 1.54) is 31.2 Å². The van der Waals surface area contributed by atoms with Gasteiger partial charge in [-0.2, -0.15) is 0 Å². The second kappa shape index (κ2) is 15.7. The Bertz CT molecular complexity index is 1040. The fourth-order valence-corrected chi connectivity index (χ4v) is 3.28. The number of carboxylic acids is 1. The molecule has 16 nitrogen and oxygen atoms in total. The number of primary amides is 1. The predicted octanol–water partition coefficient (Wildman–Crippen LogP) is -3.89. The van der Waals surface area contributed by atoms with Crippen LogP contribution in [0.15, 0.2) is 29.3 Å². The molecule has 0 radical (unpaired) electrons. The van der Waals surface area contributed by atoms with E-state index in [-0.39, 0.29) is 37.5 Å². The second-order valence-corrected chi connectivity index (χ2v) is 8.78. The molecule has 0 aliphatic rings. The van der Waals surface area contributed by atoms with Crippen LogP contribution in [0.1, 0.15) is 31.7 Å². The van der Waals surface area contributed by atoms with Crippen LogP contribution in [-0.2, 0) is 30.4 Å². The van der Waals surface area contributed by atoms with E-state index in [1.807, 2.05) is 0 Å². The van der Waals surface area contributed by atoms with Gasteiger partial charge in [0.05, 0.1) is 12.5 Å². The van der Waals surface area contributed by atoms with Crippen molar-refractivity contribution in [1.29, 1.82) is 0 Å². The maximum absolute atomic E-state index is 13.1. The summed E-state index contributed by atoms with van der Waals surface area (Å²) in [4.78, 5) is 65.5. The fraction of sp³-hybridized carbons (Fsp3) is 0.478. The van der Waals surface area contributed by atoms with E-state index in [2.05, 4.69) is 20.9 Å². The zero-order chi connectivity index (χ0) is 29.7. The molecule has 0 aromatic heterocycles. The van der Waals surface area contributed by atoms with Gasteiger partial charge in [0.2, 0.25) is 23.6 Å². The lowest BCUT2D eigenvalue weighted by atomic mass is 10.0. The quantitative estimate of drug-likeness (QED) is 0.0537. The molecule has 0 heterocycles. The number of phenols is 1. The number of nitrogens with zero attached hydrogens (tertiary/aromatic N) is 1. The number of aliphatic imine (C=N–C) groups is 1. The van der Waals surface area contributed by atoms with Crippen LogP contribution in [0.25, 0.3) is 0 Å². The van der Waals surface area contributed by atoms with Crippen molar-refractivity contribution in [3.8, 4) is 5.75 Å². The van der Waals surface area contributed by atoms with Crippen molar-refractivity contribution in [3.05, 3.63) is 29.8 Å². The van der Waals surface area contributed by atoms with E-state index in [1.54, 1.807) is 0 Å². The molecule has 5 unspecified atom stereocenters. The van der Waals surface area contributed by atoms with Crippen LogP contribution in [0.5, 0.6) is 5.75 Å². The van der Waals surface area contributed by atoms with Gasteiger partial charge in [-0.15, -0.1) is 0 Å². The monoisotopic (exact) mass is 552 g/mol. The molecule has 1 rings (SSSR count). The van der Waals surface area contributed by atoms with Crippen LogP contribution < -0.4 is 38.9 Å². The van der Waals surface area contributed by atoms with Crippen LogP contribution in [-0.4, -0.2) is 87.7 Å². The van der Waals surface area contributed by atoms with Crippen molar-refractivity contribution in [2.45, 2.75) is 62.9 Å². The number of guanidine groups is 1. The van der Waals surface area contributed by atoms with Gasteiger partial charge in [-0.05, 0) is 37.5 Å². The molecule has 1 aromatic carbocycles. The molecule has 16 heteroatoms. The SMILES string of the molecule is CC(O)C(N)C(=O)NC(CC(N)=O)C(=O)NC(CCCN=C(N)N)C(=O)NC(Cc1ccc(O)cc1)C(=O)O. The first-order valence-corrected chi connectivity index (χ1v) is 11.9. The summed E-state index contributed by atoms with van der Waals surface area (Å²) in [7, 11) is 0. The number of benzene rings is 1. The van der Waals surface area contributed by atoms with Crippen LogP contribution in [0.4, 0.5) is 0 Å². The molecule has 0 saturated heterocycles. The van der Waals surface area contributed by atoms with Gasteiger partial charge in [0.25, 0.3) is 0 Å². The molecule has 0 aliphatic heterocycles. The standard InChI is InChI=1S/C23H36N8O8/c1-11(32)18(25)21(37)30-15(10-17(24)34)20(36)29-14(3-2-8-28-23(26)27)19(35)31-16(22(38)39)9-12-4-6-13(33)7-5-12/h4-7,11,14-16,18,32-33H,2-3,8-10,25H2,1H3,(H2,24,34)(H,29,36)(H,30,37)(H,31,35)(H,38,39)(H4,26,27,28). The molecule has 216 valence electrons. The number of aliphatic hydroxyl groups is 1. The van der Waals surface area contributed by atoms with Crippen molar-refractivity contribution < 1.29 is 39.3 Å². The summed E-state index contributed by atoms with van der Waals surface area (Å²) >= 11 is 0. The van der Waals surface area contributed by atoms with Crippen LogP contribution in [0.3, 0.4) is 0 Å². The number of hydrogen-bond acceptors (Lipinski definition) is 9.